The fraction of sp³-hybridized carbons (Fsp3) is 0.150. The summed E-state index contributed by atoms with van der Waals surface area (Å²) in [5.74, 6) is -0.921. The summed E-state index contributed by atoms with van der Waals surface area (Å²) in [4.78, 5) is 37.0. The van der Waals surface area contributed by atoms with Gasteiger partial charge in [-0.05, 0) is 36.4 Å². The van der Waals surface area contributed by atoms with Crippen LogP contribution < -0.4 is 15.0 Å². The Balaban J connectivity index is 1.63. The molecule has 0 radical (unpaired) electrons. The minimum Gasteiger partial charge on any atom is -0.482 e. The van der Waals surface area contributed by atoms with Crippen molar-refractivity contribution in [3.8, 4) is 5.75 Å². The van der Waals surface area contributed by atoms with Crippen molar-refractivity contribution in [1.29, 1.82) is 0 Å². The molecule has 28 heavy (non-hydrogen) atoms. The first-order chi connectivity index (χ1) is 13.4. The van der Waals surface area contributed by atoms with Crippen LogP contribution in [0, 0.1) is 0 Å². The number of hydrogen-bond donors (Lipinski definition) is 2. The molecule has 0 saturated heterocycles. The number of benzene rings is 2. The van der Waals surface area contributed by atoms with E-state index in [4.69, 9.17) is 9.84 Å². The predicted octanol–water partition coefficient (Wildman–Crippen LogP) is 2.33. The Morgan fingerprint density at radius 2 is 2.04 bits per heavy atom. The quantitative estimate of drug-likeness (QED) is 0.725. The summed E-state index contributed by atoms with van der Waals surface area (Å²) < 4.78 is 6.98. The van der Waals surface area contributed by atoms with Crippen LogP contribution in [0.3, 0.4) is 0 Å². The Bertz CT molecular complexity index is 1120. The molecule has 3 aromatic rings. The number of carbonyl (C=O) groups excluding carboxylic acids is 2. The molecule has 1 aromatic heterocycles. The van der Waals surface area contributed by atoms with Crippen LogP contribution in [0.5, 0.6) is 5.75 Å². The summed E-state index contributed by atoms with van der Waals surface area (Å²) >= 11 is 0. The molecule has 0 saturated carbocycles. The molecule has 2 amide bonds. The number of carboxylic acids is 1. The van der Waals surface area contributed by atoms with E-state index < -0.39 is 5.97 Å². The first-order valence-corrected chi connectivity index (χ1v) is 8.58. The first-order valence-electron chi connectivity index (χ1n) is 8.58. The van der Waals surface area contributed by atoms with Crippen molar-refractivity contribution in [2.75, 3.05) is 23.9 Å². The van der Waals surface area contributed by atoms with Gasteiger partial charge in [0.1, 0.15) is 12.3 Å². The number of nitrogens with one attached hydrogen (secondary N) is 1. The summed E-state index contributed by atoms with van der Waals surface area (Å²) in [5, 5.41) is 12.6. The molecule has 8 heteroatoms. The lowest BCUT2D eigenvalue weighted by Crippen LogP contribution is -2.35. The highest BCUT2D eigenvalue weighted by Gasteiger charge is 2.23. The normalized spacial score (nSPS) is 13.2. The zero-order valence-corrected chi connectivity index (χ0v) is 15.0. The zero-order valence-electron chi connectivity index (χ0n) is 15.0. The average molecular weight is 379 g/mol. The number of aliphatic carboxylic acids is 1. The van der Waals surface area contributed by atoms with E-state index in [-0.39, 0.29) is 25.0 Å². The molecule has 2 aromatic carbocycles. The number of aromatic nitrogens is 1. The Morgan fingerprint density at radius 3 is 2.82 bits per heavy atom. The van der Waals surface area contributed by atoms with Gasteiger partial charge in [-0.15, -0.1) is 0 Å². The summed E-state index contributed by atoms with van der Waals surface area (Å²) in [6, 6.07) is 12.0. The van der Waals surface area contributed by atoms with Gasteiger partial charge >= 0.3 is 5.97 Å². The Kier molecular flexibility index (Phi) is 4.23. The molecule has 0 fully saturated rings. The van der Waals surface area contributed by atoms with Crippen molar-refractivity contribution in [3.63, 3.8) is 0 Å². The lowest BCUT2D eigenvalue weighted by molar-refractivity contribution is -0.137. The van der Waals surface area contributed by atoms with Crippen molar-refractivity contribution < 1.29 is 24.2 Å². The second kappa shape index (κ2) is 6.73. The van der Waals surface area contributed by atoms with Crippen LogP contribution in [0.1, 0.15) is 10.4 Å². The number of ether oxygens (including phenoxy) is 1. The van der Waals surface area contributed by atoms with Crippen LogP contribution >= 0.6 is 0 Å². The summed E-state index contributed by atoms with van der Waals surface area (Å²) in [7, 11) is 1.64. The monoisotopic (exact) mass is 379 g/mol. The van der Waals surface area contributed by atoms with E-state index in [1.54, 1.807) is 60.3 Å². The number of rotatable bonds is 4. The highest BCUT2D eigenvalue weighted by atomic mass is 16.5. The second-order valence-corrected chi connectivity index (χ2v) is 6.45. The van der Waals surface area contributed by atoms with Crippen LogP contribution in [0.15, 0.2) is 48.7 Å². The van der Waals surface area contributed by atoms with Gasteiger partial charge < -0.3 is 24.6 Å². The molecule has 1 aliphatic heterocycles. The van der Waals surface area contributed by atoms with Gasteiger partial charge in [-0.25, -0.2) is 0 Å². The van der Waals surface area contributed by atoms with E-state index >= 15 is 0 Å². The lowest BCUT2D eigenvalue weighted by atomic mass is 10.1. The van der Waals surface area contributed by atoms with Gasteiger partial charge in [0.25, 0.3) is 11.8 Å². The zero-order chi connectivity index (χ0) is 19.8. The number of carboxylic acid groups (broad SMARTS) is 1. The highest BCUT2D eigenvalue weighted by Crippen LogP contribution is 2.32. The second-order valence-electron chi connectivity index (χ2n) is 6.45. The summed E-state index contributed by atoms with van der Waals surface area (Å²) in [5.41, 5.74) is 2.20. The third-order valence-electron chi connectivity index (χ3n) is 4.68. The maximum Gasteiger partial charge on any atom is 0.323 e. The van der Waals surface area contributed by atoms with Gasteiger partial charge in [0.2, 0.25) is 0 Å². The van der Waals surface area contributed by atoms with Crippen LogP contribution in [0.2, 0.25) is 0 Å². The van der Waals surface area contributed by atoms with E-state index in [1.807, 2.05) is 0 Å². The third-order valence-corrected chi connectivity index (χ3v) is 4.68. The maximum atomic E-state index is 12.8. The number of anilines is 2. The van der Waals surface area contributed by atoms with Gasteiger partial charge in [-0.3, -0.25) is 14.4 Å². The van der Waals surface area contributed by atoms with Crippen molar-refractivity contribution in [1.82, 2.24) is 4.57 Å². The standard InChI is InChI=1S/C20H17N3O5/c1-22-16-9-12(5-6-17(16)28-11-18(22)24)20(27)21-14-3-2-4-15-13(14)7-8-23(15)10-19(25)26/h2-9H,10-11H2,1H3,(H,21,27)(H,25,26). The number of likely N-dealkylation sites (N-methyl/N-ethyl adjacent to an activating group) is 1. The average Bonchev–Trinajstić information content (AvgIpc) is 3.08. The minimum atomic E-state index is -0.943. The number of amides is 2. The van der Waals surface area contributed by atoms with Gasteiger partial charge in [0.15, 0.2) is 6.61 Å². The fourth-order valence-electron chi connectivity index (χ4n) is 3.22. The van der Waals surface area contributed by atoms with Crippen molar-refractivity contribution in [2.45, 2.75) is 6.54 Å². The molecule has 4 rings (SSSR count). The Labute approximate surface area is 159 Å². The molecule has 8 nitrogen and oxygen atoms in total. The molecular weight excluding hydrogens is 362 g/mol. The smallest absolute Gasteiger partial charge is 0.323 e. The molecule has 2 heterocycles. The molecule has 1 aliphatic rings. The van der Waals surface area contributed by atoms with Crippen LogP contribution in [0.4, 0.5) is 11.4 Å². The van der Waals surface area contributed by atoms with Gasteiger partial charge in [0.05, 0.1) is 16.9 Å². The molecule has 0 atom stereocenters. The van der Waals surface area contributed by atoms with E-state index in [0.29, 0.717) is 28.2 Å². The molecule has 142 valence electrons. The molecule has 0 bridgehead atoms. The van der Waals surface area contributed by atoms with Crippen LogP contribution in [-0.4, -0.2) is 41.1 Å². The third kappa shape index (κ3) is 3.05. The van der Waals surface area contributed by atoms with Crippen molar-refractivity contribution in [2.24, 2.45) is 0 Å². The number of nitrogens with zero attached hydrogens (tertiary/aromatic N) is 2. The lowest BCUT2D eigenvalue weighted by Gasteiger charge is -2.26. The molecule has 0 aliphatic carbocycles. The number of fused-ring (bicyclic) bond motifs is 2. The molecule has 2 N–H and O–H groups in total. The Morgan fingerprint density at radius 1 is 1.21 bits per heavy atom. The Hall–Kier alpha value is -3.81. The van der Waals surface area contributed by atoms with Gasteiger partial charge in [-0.1, -0.05) is 6.07 Å². The molecular formula is C20H17N3O5. The molecule has 0 unspecified atom stereocenters. The van der Waals surface area contributed by atoms with Crippen LogP contribution in [-0.2, 0) is 16.1 Å². The number of carbonyl (C=O) groups is 3. The van der Waals surface area contributed by atoms with Gasteiger partial charge in [0, 0.05) is 24.2 Å². The van der Waals surface area contributed by atoms with E-state index in [1.165, 1.54) is 4.90 Å². The fourth-order valence-corrected chi connectivity index (χ4v) is 3.22. The van der Waals surface area contributed by atoms with Gasteiger partial charge in [-0.2, -0.15) is 0 Å². The minimum absolute atomic E-state index is 0.0234. The van der Waals surface area contributed by atoms with E-state index in [0.717, 1.165) is 5.39 Å². The van der Waals surface area contributed by atoms with Crippen molar-refractivity contribution >= 4 is 40.1 Å². The topological polar surface area (TPSA) is 101 Å². The number of hydrogen-bond acceptors (Lipinski definition) is 4. The summed E-state index contributed by atoms with van der Waals surface area (Å²) in [6.45, 7) is -0.184. The van der Waals surface area contributed by atoms with E-state index in [2.05, 4.69) is 5.32 Å². The predicted molar refractivity (Wildman–Crippen MR) is 103 cm³/mol. The SMILES string of the molecule is CN1C(=O)COc2ccc(C(=O)Nc3cccc4c3ccn4CC(=O)O)cc21. The largest absolute Gasteiger partial charge is 0.482 e. The summed E-state index contributed by atoms with van der Waals surface area (Å²) in [6.07, 6.45) is 1.67. The molecule has 0 spiro atoms. The maximum absolute atomic E-state index is 12.8. The van der Waals surface area contributed by atoms with Crippen molar-refractivity contribution in [3.05, 3.63) is 54.2 Å². The van der Waals surface area contributed by atoms with Crippen LogP contribution in [0.25, 0.3) is 10.9 Å². The first kappa shape index (κ1) is 17.6. The van der Waals surface area contributed by atoms with E-state index in [9.17, 15) is 14.4 Å². The highest BCUT2D eigenvalue weighted by molar-refractivity contribution is 6.10.